The van der Waals surface area contributed by atoms with Crippen LogP contribution in [0.1, 0.15) is 278 Å². The average Bonchev–Trinajstić information content (AvgIpc) is 3.39. The summed E-state index contributed by atoms with van der Waals surface area (Å²) in [5.74, 6) is -1.01. The summed E-state index contributed by atoms with van der Waals surface area (Å²) in [5.41, 5.74) is 0. The Morgan fingerprint density at radius 3 is 0.959 bits per heavy atom. The molecule has 1 atom stereocenters. The van der Waals surface area contributed by atoms with E-state index in [2.05, 4.69) is 124 Å². The quantitative estimate of drug-likeness (QED) is 0.0261. The summed E-state index contributed by atoms with van der Waals surface area (Å²) in [6.07, 6.45) is 82.4. The van der Waals surface area contributed by atoms with Crippen molar-refractivity contribution in [1.29, 1.82) is 0 Å². The van der Waals surface area contributed by atoms with Crippen molar-refractivity contribution in [2.45, 2.75) is 284 Å². The highest BCUT2D eigenvalue weighted by Crippen LogP contribution is 2.15. The first-order valence-corrected chi connectivity index (χ1v) is 30.4. The van der Waals surface area contributed by atoms with Crippen LogP contribution in [-0.4, -0.2) is 37.2 Å². The van der Waals surface area contributed by atoms with Crippen LogP contribution in [0.5, 0.6) is 0 Å². The van der Waals surface area contributed by atoms with Crippen LogP contribution in [-0.2, 0) is 28.6 Å². The SMILES string of the molecule is CC/C=C\C/C=C\C/C=C\CCCCCCCC(=O)OC[C@H](COC(=O)CC/C=C\C/C=C\C/C=C\C/C=C\C/C=C\CCCCC)OC(=O)CCCCCCCCCCCCC/C=C\CCCCCCCC. The smallest absolute Gasteiger partial charge is 0.306 e. The molecule has 0 saturated heterocycles. The zero-order valence-electron chi connectivity index (χ0n) is 47.6. The third kappa shape index (κ3) is 58.8. The summed E-state index contributed by atoms with van der Waals surface area (Å²) < 4.78 is 16.8. The van der Waals surface area contributed by atoms with Crippen molar-refractivity contribution in [1.82, 2.24) is 0 Å². The van der Waals surface area contributed by atoms with E-state index in [0.717, 1.165) is 103 Å². The molecule has 0 aliphatic rings. The van der Waals surface area contributed by atoms with E-state index in [1.807, 2.05) is 6.08 Å². The summed E-state index contributed by atoms with van der Waals surface area (Å²) in [4.78, 5) is 38.2. The Hall–Kier alpha value is -3.93. The Morgan fingerprint density at radius 2 is 0.562 bits per heavy atom. The lowest BCUT2D eigenvalue weighted by Gasteiger charge is -2.18. The molecule has 0 aromatic heterocycles. The summed E-state index contributed by atoms with van der Waals surface area (Å²) in [6, 6.07) is 0. The molecule has 416 valence electrons. The van der Waals surface area contributed by atoms with Gasteiger partial charge in [-0.1, -0.05) is 252 Å². The number of carbonyl (C=O) groups is 3. The van der Waals surface area contributed by atoms with E-state index in [9.17, 15) is 14.4 Å². The van der Waals surface area contributed by atoms with Gasteiger partial charge in [0.1, 0.15) is 13.2 Å². The molecule has 73 heavy (non-hydrogen) atoms. The predicted molar refractivity (Wildman–Crippen MR) is 316 cm³/mol. The maximum atomic E-state index is 12.9. The Kier molecular flexibility index (Phi) is 57.4. The summed E-state index contributed by atoms with van der Waals surface area (Å²) in [7, 11) is 0. The van der Waals surface area contributed by atoms with Gasteiger partial charge in [-0.25, -0.2) is 0 Å². The van der Waals surface area contributed by atoms with Crippen molar-refractivity contribution >= 4 is 17.9 Å². The van der Waals surface area contributed by atoms with Crippen LogP contribution < -0.4 is 0 Å². The van der Waals surface area contributed by atoms with Crippen molar-refractivity contribution in [2.24, 2.45) is 0 Å². The lowest BCUT2D eigenvalue weighted by molar-refractivity contribution is -0.166. The number of esters is 3. The molecule has 0 aliphatic heterocycles. The van der Waals surface area contributed by atoms with Crippen molar-refractivity contribution in [2.75, 3.05) is 13.2 Å². The maximum absolute atomic E-state index is 12.9. The van der Waals surface area contributed by atoms with Gasteiger partial charge in [-0.15, -0.1) is 0 Å². The van der Waals surface area contributed by atoms with Gasteiger partial charge in [-0.3, -0.25) is 14.4 Å². The zero-order chi connectivity index (χ0) is 52.9. The molecule has 0 aliphatic carbocycles. The zero-order valence-corrected chi connectivity index (χ0v) is 47.6. The molecule has 0 aromatic carbocycles. The minimum Gasteiger partial charge on any atom is -0.462 e. The lowest BCUT2D eigenvalue weighted by Crippen LogP contribution is -2.30. The number of allylic oxidation sites excluding steroid dienone is 18. The van der Waals surface area contributed by atoms with Crippen molar-refractivity contribution in [3.63, 3.8) is 0 Å². The van der Waals surface area contributed by atoms with Gasteiger partial charge in [0, 0.05) is 19.3 Å². The monoisotopic (exact) mass is 1010 g/mol. The van der Waals surface area contributed by atoms with E-state index in [4.69, 9.17) is 14.2 Å². The molecule has 0 aromatic rings. The van der Waals surface area contributed by atoms with E-state index in [0.29, 0.717) is 19.3 Å². The third-order valence-electron chi connectivity index (χ3n) is 12.7. The van der Waals surface area contributed by atoms with Crippen LogP contribution in [0.25, 0.3) is 0 Å². The summed E-state index contributed by atoms with van der Waals surface area (Å²) in [5, 5.41) is 0. The Morgan fingerprint density at radius 1 is 0.288 bits per heavy atom. The number of hydrogen-bond donors (Lipinski definition) is 0. The molecule has 6 nitrogen and oxygen atoms in total. The fourth-order valence-electron chi connectivity index (χ4n) is 8.20. The van der Waals surface area contributed by atoms with Gasteiger partial charge in [0.15, 0.2) is 6.10 Å². The summed E-state index contributed by atoms with van der Waals surface area (Å²) >= 11 is 0. The molecule has 0 rings (SSSR count). The number of unbranched alkanes of at least 4 members (excludes halogenated alkanes) is 25. The van der Waals surface area contributed by atoms with Crippen molar-refractivity contribution in [3.8, 4) is 0 Å². The third-order valence-corrected chi connectivity index (χ3v) is 12.7. The molecular formula is C67H112O6. The number of carbonyl (C=O) groups excluding carboxylic acids is 3. The molecule has 0 radical (unpaired) electrons. The van der Waals surface area contributed by atoms with E-state index in [-0.39, 0.29) is 37.5 Å². The predicted octanol–water partition coefficient (Wildman–Crippen LogP) is 20.7. The Balaban J connectivity index is 4.49. The van der Waals surface area contributed by atoms with Crippen molar-refractivity contribution in [3.05, 3.63) is 109 Å². The topological polar surface area (TPSA) is 78.9 Å². The number of hydrogen-bond acceptors (Lipinski definition) is 6. The number of rotatable bonds is 54. The highest BCUT2D eigenvalue weighted by atomic mass is 16.6. The molecule has 0 N–H and O–H groups in total. The van der Waals surface area contributed by atoms with Gasteiger partial charge < -0.3 is 14.2 Å². The lowest BCUT2D eigenvalue weighted by atomic mass is 10.0. The van der Waals surface area contributed by atoms with E-state index < -0.39 is 6.10 Å². The van der Waals surface area contributed by atoms with Gasteiger partial charge in [0.25, 0.3) is 0 Å². The highest BCUT2D eigenvalue weighted by molar-refractivity contribution is 5.71. The molecular weight excluding hydrogens is 901 g/mol. The second-order valence-electron chi connectivity index (χ2n) is 19.9. The first kappa shape index (κ1) is 69.1. The van der Waals surface area contributed by atoms with Crippen LogP contribution in [0.3, 0.4) is 0 Å². The summed E-state index contributed by atoms with van der Waals surface area (Å²) in [6.45, 7) is 6.43. The van der Waals surface area contributed by atoms with E-state index in [1.165, 1.54) is 128 Å². The number of ether oxygens (including phenoxy) is 3. The van der Waals surface area contributed by atoms with Crippen LogP contribution in [0, 0.1) is 0 Å². The maximum Gasteiger partial charge on any atom is 0.306 e. The van der Waals surface area contributed by atoms with E-state index >= 15 is 0 Å². The van der Waals surface area contributed by atoms with Gasteiger partial charge in [0.2, 0.25) is 0 Å². The molecule has 0 spiro atoms. The Labute approximate surface area is 450 Å². The molecule has 0 unspecified atom stereocenters. The highest BCUT2D eigenvalue weighted by Gasteiger charge is 2.19. The average molecular weight is 1010 g/mol. The molecule has 6 heteroatoms. The first-order valence-electron chi connectivity index (χ1n) is 30.4. The van der Waals surface area contributed by atoms with Crippen LogP contribution in [0.15, 0.2) is 109 Å². The minimum atomic E-state index is -0.818. The van der Waals surface area contributed by atoms with Crippen LogP contribution >= 0.6 is 0 Å². The van der Waals surface area contributed by atoms with Gasteiger partial charge in [0.05, 0.1) is 0 Å². The second-order valence-corrected chi connectivity index (χ2v) is 19.9. The first-order chi connectivity index (χ1) is 36.0. The minimum absolute atomic E-state index is 0.111. The fraction of sp³-hybridized carbons (Fsp3) is 0.687. The van der Waals surface area contributed by atoms with Crippen LogP contribution in [0.2, 0.25) is 0 Å². The van der Waals surface area contributed by atoms with E-state index in [1.54, 1.807) is 0 Å². The van der Waals surface area contributed by atoms with Crippen LogP contribution in [0.4, 0.5) is 0 Å². The second kappa shape index (κ2) is 60.6. The van der Waals surface area contributed by atoms with Gasteiger partial charge in [-0.2, -0.15) is 0 Å². The molecule has 0 amide bonds. The van der Waals surface area contributed by atoms with Crippen molar-refractivity contribution < 1.29 is 28.6 Å². The standard InChI is InChI=1S/C67H112O6/c1-4-7-10-13-16-19-22-25-28-30-32-33-35-37-40-43-46-49-52-55-58-61-67(70)73-64(62-71-65(68)59-56-53-50-47-44-41-38-27-24-21-18-15-12-9-6-3)63-72-66(69)60-57-54-51-48-45-42-39-36-34-31-29-26-23-20-17-14-11-8-5-2/h9,12,17-18,20-21,25-29,34,36,38,42,45,51,54,64H,4-8,10-11,13-16,19,22-24,30-33,35,37,39-41,43-44,46-50,52-53,55-63H2,1-3H3/b12-9-,20-17-,21-18-,28-25-,29-26-,36-34-,38-27-,45-42-,54-51-/t64-/m1/s1. The normalized spacial score (nSPS) is 12.9. The molecule has 0 saturated carbocycles. The van der Waals surface area contributed by atoms with Gasteiger partial charge in [-0.05, 0) is 116 Å². The molecule has 0 heterocycles. The Bertz CT molecular complexity index is 1490. The fourth-order valence-corrected chi connectivity index (χ4v) is 8.20. The molecule has 0 bridgehead atoms. The van der Waals surface area contributed by atoms with Gasteiger partial charge >= 0.3 is 17.9 Å². The largest absolute Gasteiger partial charge is 0.462 e. The molecule has 0 fully saturated rings.